The fourth-order valence-electron chi connectivity index (χ4n) is 3.21. The molecule has 2 aromatic rings. The lowest BCUT2D eigenvalue weighted by Crippen LogP contribution is -2.49. The molecule has 0 N–H and O–H groups in total. The van der Waals surface area contributed by atoms with E-state index in [9.17, 15) is 4.79 Å². The number of nitrogens with zero attached hydrogens (tertiary/aromatic N) is 4. The Balaban J connectivity index is 1.43. The highest BCUT2D eigenvalue weighted by molar-refractivity contribution is 5.95. The van der Waals surface area contributed by atoms with Crippen LogP contribution in [0, 0.1) is 6.92 Å². The predicted molar refractivity (Wildman–Crippen MR) is 93.3 cm³/mol. The molecule has 1 saturated carbocycles. The second kappa shape index (κ2) is 6.23. The third kappa shape index (κ3) is 2.98. The maximum Gasteiger partial charge on any atom is 0.257 e. The van der Waals surface area contributed by atoms with Crippen molar-refractivity contribution >= 4 is 11.6 Å². The van der Waals surface area contributed by atoms with Gasteiger partial charge in [-0.15, -0.1) is 0 Å². The monoisotopic (exact) mass is 322 g/mol. The number of anilines is 1. The van der Waals surface area contributed by atoms with E-state index in [1.54, 1.807) is 6.20 Å². The molecule has 5 heteroatoms. The summed E-state index contributed by atoms with van der Waals surface area (Å²) in [6.07, 6.45) is 4.07. The molecule has 2 heterocycles. The van der Waals surface area contributed by atoms with Crippen molar-refractivity contribution in [2.75, 3.05) is 31.1 Å². The van der Waals surface area contributed by atoms with Gasteiger partial charge in [-0.1, -0.05) is 18.2 Å². The Morgan fingerprint density at radius 3 is 2.42 bits per heavy atom. The third-order valence-corrected chi connectivity index (χ3v) is 4.86. The molecule has 24 heavy (non-hydrogen) atoms. The lowest BCUT2D eigenvalue weighted by Gasteiger charge is -2.36. The maximum atomic E-state index is 12.8. The summed E-state index contributed by atoms with van der Waals surface area (Å²) < 4.78 is 0. The largest absolute Gasteiger partial charge is 0.368 e. The molecule has 124 valence electrons. The highest BCUT2D eigenvalue weighted by Gasteiger charge is 2.28. The number of aromatic nitrogens is 2. The van der Waals surface area contributed by atoms with Crippen molar-refractivity contribution in [2.45, 2.75) is 25.7 Å². The van der Waals surface area contributed by atoms with Crippen LogP contribution in [0.15, 0.2) is 36.5 Å². The van der Waals surface area contributed by atoms with E-state index in [4.69, 9.17) is 0 Å². The average molecular weight is 322 g/mol. The van der Waals surface area contributed by atoms with E-state index in [1.165, 1.54) is 18.5 Å². The lowest BCUT2D eigenvalue weighted by atomic mass is 10.1. The summed E-state index contributed by atoms with van der Waals surface area (Å²) in [5, 5.41) is 0. The molecule has 4 rings (SSSR count). The Morgan fingerprint density at radius 1 is 1.08 bits per heavy atom. The molecule has 0 bridgehead atoms. The number of carbonyl (C=O) groups is 1. The van der Waals surface area contributed by atoms with Crippen molar-refractivity contribution in [2.24, 2.45) is 0 Å². The summed E-state index contributed by atoms with van der Waals surface area (Å²) in [6, 6.07) is 10.4. The Hall–Kier alpha value is -2.43. The average Bonchev–Trinajstić information content (AvgIpc) is 3.47. The molecule has 1 saturated heterocycles. The van der Waals surface area contributed by atoms with Crippen LogP contribution < -0.4 is 4.90 Å². The molecule has 0 radical (unpaired) electrons. The molecule has 0 unspecified atom stereocenters. The fraction of sp³-hybridized carbons (Fsp3) is 0.421. The number of hydrogen-bond donors (Lipinski definition) is 0. The molecule has 0 spiro atoms. The van der Waals surface area contributed by atoms with E-state index >= 15 is 0 Å². The normalized spacial score (nSPS) is 17.9. The van der Waals surface area contributed by atoms with Crippen LogP contribution in [0.25, 0.3) is 0 Å². The summed E-state index contributed by atoms with van der Waals surface area (Å²) >= 11 is 0. The molecule has 0 atom stereocenters. The third-order valence-electron chi connectivity index (χ3n) is 4.86. The van der Waals surface area contributed by atoms with Crippen molar-refractivity contribution in [3.63, 3.8) is 0 Å². The number of hydrogen-bond acceptors (Lipinski definition) is 4. The van der Waals surface area contributed by atoms with Gasteiger partial charge in [-0.05, 0) is 31.9 Å². The summed E-state index contributed by atoms with van der Waals surface area (Å²) in [5.74, 6) is 1.47. The van der Waals surface area contributed by atoms with Crippen molar-refractivity contribution < 1.29 is 4.79 Å². The topological polar surface area (TPSA) is 49.3 Å². The number of benzene rings is 1. The van der Waals surface area contributed by atoms with Gasteiger partial charge in [-0.25, -0.2) is 9.97 Å². The minimum absolute atomic E-state index is 0.0579. The molecule has 1 aliphatic carbocycles. The molecule has 1 aromatic heterocycles. The zero-order chi connectivity index (χ0) is 16.5. The standard InChI is InChI=1S/C19H22N4O/c1-14-17(13-20-18(21-14)15-7-8-15)19(24)23-11-9-22(10-12-23)16-5-3-2-4-6-16/h2-6,13,15H,7-12H2,1H3. The number of piperazine rings is 1. The van der Waals surface area contributed by atoms with Crippen LogP contribution in [-0.4, -0.2) is 47.0 Å². The number of carbonyl (C=O) groups excluding carboxylic acids is 1. The van der Waals surface area contributed by atoms with E-state index < -0.39 is 0 Å². The molecule has 1 amide bonds. The first-order valence-corrected chi connectivity index (χ1v) is 8.65. The number of amides is 1. The molecule has 2 fully saturated rings. The summed E-state index contributed by atoms with van der Waals surface area (Å²) in [6.45, 7) is 5.10. The van der Waals surface area contributed by atoms with Crippen LogP contribution in [0.3, 0.4) is 0 Å². The van der Waals surface area contributed by atoms with E-state index in [1.807, 2.05) is 17.9 Å². The van der Waals surface area contributed by atoms with Gasteiger partial charge in [-0.3, -0.25) is 4.79 Å². The summed E-state index contributed by atoms with van der Waals surface area (Å²) in [5.41, 5.74) is 2.67. The highest BCUT2D eigenvalue weighted by Crippen LogP contribution is 2.38. The number of para-hydroxylation sites is 1. The Labute approximate surface area is 142 Å². The number of aryl methyl sites for hydroxylation is 1. The minimum Gasteiger partial charge on any atom is -0.368 e. The van der Waals surface area contributed by atoms with Gasteiger partial charge in [0.05, 0.1) is 11.3 Å². The van der Waals surface area contributed by atoms with Gasteiger partial charge < -0.3 is 9.80 Å². The Kier molecular flexibility index (Phi) is 3.92. The molecule has 1 aliphatic heterocycles. The highest BCUT2D eigenvalue weighted by atomic mass is 16.2. The van der Waals surface area contributed by atoms with Crippen LogP contribution in [-0.2, 0) is 0 Å². The summed E-state index contributed by atoms with van der Waals surface area (Å²) in [4.78, 5) is 26.0. The zero-order valence-electron chi connectivity index (χ0n) is 14.0. The second-order valence-electron chi connectivity index (χ2n) is 6.62. The number of rotatable bonds is 3. The van der Waals surface area contributed by atoms with Gasteiger partial charge in [0.25, 0.3) is 5.91 Å². The Morgan fingerprint density at radius 2 is 1.79 bits per heavy atom. The summed E-state index contributed by atoms with van der Waals surface area (Å²) in [7, 11) is 0. The Bertz CT molecular complexity index is 734. The fourth-order valence-corrected chi connectivity index (χ4v) is 3.21. The van der Waals surface area contributed by atoms with Crippen LogP contribution in [0.2, 0.25) is 0 Å². The molecule has 5 nitrogen and oxygen atoms in total. The first-order chi connectivity index (χ1) is 11.7. The van der Waals surface area contributed by atoms with Crippen molar-refractivity contribution in [1.29, 1.82) is 0 Å². The minimum atomic E-state index is 0.0579. The second-order valence-corrected chi connectivity index (χ2v) is 6.62. The SMILES string of the molecule is Cc1nc(C2CC2)ncc1C(=O)N1CCN(c2ccccc2)CC1. The quantitative estimate of drug-likeness (QED) is 0.871. The first-order valence-electron chi connectivity index (χ1n) is 8.65. The maximum absolute atomic E-state index is 12.8. The van der Waals surface area contributed by atoms with Crippen LogP contribution in [0.5, 0.6) is 0 Å². The molecular formula is C19H22N4O. The van der Waals surface area contributed by atoms with Crippen molar-refractivity contribution in [3.8, 4) is 0 Å². The smallest absolute Gasteiger partial charge is 0.257 e. The van der Waals surface area contributed by atoms with Crippen LogP contribution in [0.4, 0.5) is 5.69 Å². The van der Waals surface area contributed by atoms with E-state index in [-0.39, 0.29) is 5.91 Å². The predicted octanol–water partition coefficient (Wildman–Crippen LogP) is 2.62. The van der Waals surface area contributed by atoms with Crippen molar-refractivity contribution in [3.05, 3.63) is 53.6 Å². The van der Waals surface area contributed by atoms with Gasteiger partial charge >= 0.3 is 0 Å². The van der Waals surface area contributed by atoms with Gasteiger partial charge in [0.2, 0.25) is 0 Å². The lowest BCUT2D eigenvalue weighted by molar-refractivity contribution is 0.0745. The zero-order valence-corrected chi connectivity index (χ0v) is 14.0. The van der Waals surface area contributed by atoms with E-state index in [2.05, 4.69) is 39.1 Å². The molecular weight excluding hydrogens is 300 g/mol. The van der Waals surface area contributed by atoms with Gasteiger partial charge in [0.1, 0.15) is 5.82 Å². The van der Waals surface area contributed by atoms with Gasteiger partial charge in [0, 0.05) is 44.0 Å². The molecule has 1 aromatic carbocycles. The van der Waals surface area contributed by atoms with Crippen molar-refractivity contribution in [1.82, 2.24) is 14.9 Å². The first kappa shape index (κ1) is 15.1. The van der Waals surface area contributed by atoms with E-state index in [0.717, 1.165) is 37.7 Å². The van der Waals surface area contributed by atoms with Crippen LogP contribution in [0.1, 0.15) is 40.6 Å². The van der Waals surface area contributed by atoms with Crippen LogP contribution >= 0.6 is 0 Å². The van der Waals surface area contributed by atoms with E-state index in [0.29, 0.717) is 11.5 Å². The van der Waals surface area contributed by atoms with Gasteiger partial charge in [0.15, 0.2) is 0 Å². The molecule has 2 aliphatic rings. The van der Waals surface area contributed by atoms with Gasteiger partial charge in [-0.2, -0.15) is 0 Å².